The van der Waals surface area contributed by atoms with Crippen molar-refractivity contribution in [2.45, 2.75) is 25.7 Å². The molecule has 1 aliphatic heterocycles. The Morgan fingerprint density at radius 3 is 1.68 bits per heavy atom. The van der Waals surface area contributed by atoms with E-state index in [1.54, 1.807) is 14.2 Å². The lowest BCUT2D eigenvalue weighted by Crippen LogP contribution is -2.15. The zero-order valence-corrected chi connectivity index (χ0v) is 17.0. The molecule has 0 saturated carbocycles. The molecule has 2 N–H and O–H groups in total. The largest absolute Gasteiger partial charge is 0.382 e. The van der Waals surface area contributed by atoms with Gasteiger partial charge in [0.25, 0.3) is 0 Å². The monoisotopic (exact) mass is 366 g/mol. The lowest BCUT2D eigenvalue weighted by atomic mass is 10.4. The van der Waals surface area contributed by atoms with E-state index in [1.165, 1.54) is 12.8 Å². The van der Waals surface area contributed by atoms with Gasteiger partial charge in [-0.1, -0.05) is 0 Å². The second-order valence-electron chi connectivity index (χ2n) is 5.83. The maximum atomic E-state index is 5.27. The third-order valence-corrected chi connectivity index (χ3v) is 3.08. The van der Waals surface area contributed by atoms with Crippen LogP contribution in [0.3, 0.4) is 0 Å². The molecule has 7 heteroatoms. The Labute approximate surface area is 155 Å². The first-order valence-corrected chi connectivity index (χ1v) is 9.24. The van der Waals surface area contributed by atoms with Crippen molar-refractivity contribution in [2.24, 2.45) is 5.73 Å². The molecule has 0 bridgehead atoms. The van der Waals surface area contributed by atoms with Gasteiger partial charge in [-0.05, 0) is 52.9 Å². The zero-order chi connectivity index (χ0) is 19.0. The number of ether oxygens (including phenoxy) is 5. The molecule has 0 atom stereocenters. The van der Waals surface area contributed by atoms with Crippen LogP contribution in [0.15, 0.2) is 0 Å². The van der Waals surface area contributed by atoms with Gasteiger partial charge >= 0.3 is 0 Å². The van der Waals surface area contributed by atoms with Gasteiger partial charge in [-0.3, -0.25) is 0 Å². The molecule has 0 radical (unpaired) electrons. The minimum Gasteiger partial charge on any atom is -0.382 e. The summed E-state index contributed by atoms with van der Waals surface area (Å²) in [4.78, 5) is 2.15. The van der Waals surface area contributed by atoms with Crippen molar-refractivity contribution in [3.63, 3.8) is 0 Å². The average molecular weight is 367 g/mol. The summed E-state index contributed by atoms with van der Waals surface area (Å²) in [5.41, 5.74) is 5.23. The summed E-state index contributed by atoms with van der Waals surface area (Å²) in [5.74, 6) is 0. The Hall–Kier alpha value is -0.280. The van der Waals surface area contributed by atoms with Gasteiger partial charge in [-0.2, -0.15) is 0 Å². The summed E-state index contributed by atoms with van der Waals surface area (Å²) in [5, 5.41) is 0. The normalized spacial score (nSPS) is 13.2. The molecule has 1 rings (SSSR count). The summed E-state index contributed by atoms with van der Waals surface area (Å²) in [6.07, 6.45) is 4.58. The SMILES string of the molecule is C1CCOC1.COCCOCCCN.COCCOCCCN(C)C. The van der Waals surface area contributed by atoms with Crippen LogP contribution in [0.2, 0.25) is 0 Å². The van der Waals surface area contributed by atoms with Crippen LogP contribution < -0.4 is 5.73 Å². The summed E-state index contributed by atoms with van der Waals surface area (Å²) in [7, 11) is 7.47. The molecule has 1 aliphatic rings. The fourth-order valence-corrected chi connectivity index (χ4v) is 1.67. The Balaban J connectivity index is 0. The van der Waals surface area contributed by atoms with Crippen molar-refractivity contribution in [3.8, 4) is 0 Å². The molecule has 0 aromatic carbocycles. The van der Waals surface area contributed by atoms with Gasteiger partial charge in [-0.25, -0.2) is 0 Å². The van der Waals surface area contributed by atoms with Crippen LogP contribution in [0, 0.1) is 0 Å². The van der Waals surface area contributed by atoms with Crippen LogP contribution >= 0.6 is 0 Å². The van der Waals surface area contributed by atoms with Gasteiger partial charge in [0, 0.05) is 40.6 Å². The van der Waals surface area contributed by atoms with E-state index < -0.39 is 0 Å². The maximum Gasteiger partial charge on any atom is 0.0700 e. The number of hydrogen-bond donors (Lipinski definition) is 1. The van der Waals surface area contributed by atoms with Crippen molar-refractivity contribution in [1.29, 1.82) is 0 Å². The first-order valence-electron chi connectivity index (χ1n) is 9.24. The number of nitrogens with two attached hydrogens (primary N) is 1. The fraction of sp³-hybridized carbons (Fsp3) is 1.00. The van der Waals surface area contributed by atoms with E-state index in [4.69, 9.17) is 29.4 Å². The zero-order valence-electron chi connectivity index (χ0n) is 17.0. The van der Waals surface area contributed by atoms with Gasteiger partial charge in [0.2, 0.25) is 0 Å². The Morgan fingerprint density at radius 1 is 0.800 bits per heavy atom. The van der Waals surface area contributed by atoms with E-state index in [9.17, 15) is 0 Å². The van der Waals surface area contributed by atoms with E-state index in [-0.39, 0.29) is 0 Å². The lowest BCUT2D eigenvalue weighted by molar-refractivity contribution is 0.0671. The number of rotatable bonds is 13. The van der Waals surface area contributed by atoms with Gasteiger partial charge in [0.05, 0.1) is 26.4 Å². The van der Waals surface area contributed by atoms with Gasteiger partial charge in [0.15, 0.2) is 0 Å². The van der Waals surface area contributed by atoms with E-state index in [0.29, 0.717) is 33.0 Å². The second-order valence-corrected chi connectivity index (χ2v) is 5.83. The third-order valence-electron chi connectivity index (χ3n) is 3.08. The number of nitrogens with zero attached hydrogens (tertiary/aromatic N) is 1. The molecular formula is C18H42N2O5. The van der Waals surface area contributed by atoms with Crippen molar-refractivity contribution in [2.75, 3.05) is 94.3 Å². The molecule has 1 heterocycles. The van der Waals surface area contributed by atoms with Gasteiger partial charge in [0.1, 0.15) is 0 Å². The molecule has 154 valence electrons. The molecule has 7 nitrogen and oxygen atoms in total. The van der Waals surface area contributed by atoms with Crippen LogP contribution in [-0.2, 0) is 23.7 Å². The van der Waals surface area contributed by atoms with Crippen LogP contribution in [0.5, 0.6) is 0 Å². The van der Waals surface area contributed by atoms with Gasteiger partial charge in [-0.15, -0.1) is 0 Å². The average Bonchev–Trinajstić information content (AvgIpc) is 3.18. The standard InChI is InChI=1S/C8H19NO2.C6H15NO2.C4H8O/c1-9(2)5-4-6-11-8-7-10-3;1-8-5-6-9-4-2-3-7;1-2-4-5-3-1/h4-8H2,1-3H3;2-7H2,1H3;1-4H2. The van der Waals surface area contributed by atoms with Crippen LogP contribution in [0.4, 0.5) is 0 Å². The van der Waals surface area contributed by atoms with E-state index >= 15 is 0 Å². The molecule has 0 aliphatic carbocycles. The molecule has 0 amide bonds. The summed E-state index contributed by atoms with van der Waals surface area (Å²) in [6, 6.07) is 0. The molecular weight excluding hydrogens is 324 g/mol. The summed E-state index contributed by atoms with van der Waals surface area (Å²) in [6.45, 7) is 8.13. The van der Waals surface area contributed by atoms with E-state index in [2.05, 4.69) is 19.0 Å². The topological polar surface area (TPSA) is 75.4 Å². The Bertz CT molecular complexity index is 204. The molecule has 0 aromatic rings. The first-order chi connectivity index (χ1) is 12.2. The highest BCUT2D eigenvalue weighted by atomic mass is 16.5. The number of hydrogen-bond acceptors (Lipinski definition) is 7. The Kier molecular flexibility index (Phi) is 28.0. The molecule has 1 saturated heterocycles. The van der Waals surface area contributed by atoms with Crippen LogP contribution in [0.25, 0.3) is 0 Å². The van der Waals surface area contributed by atoms with Gasteiger partial charge < -0.3 is 34.3 Å². The molecule has 0 unspecified atom stereocenters. The van der Waals surface area contributed by atoms with Crippen molar-refractivity contribution in [1.82, 2.24) is 4.90 Å². The maximum absolute atomic E-state index is 5.27. The second kappa shape index (κ2) is 26.0. The van der Waals surface area contributed by atoms with Crippen LogP contribution in [-0.4, -0.2) is 99.2 Å². The molecule has 0 aromatic heterocycles. The predicted octanol–water partition coefficient (Wildman–Crippen LogP) is 1.40. The predicted molar refractivity (Wildman–Crippen MR) is 102 cm³/mol. The van der Waals surface area contributed by atoms with Crippen molar-refractivity contribution >= 4 is 0 Å². The Morgan fingerprint density at radius 2 is 1.32 bits per heavy atom. The first kappa shape index (κ1) is 26.9. The lowest BCUT2D eigenvalue weighted by Gasteiger charge is -2.08. The summed E-state index contributed by atoms with van der Waals surface area (Å²) < 4.78 is 24.9. The molecule has 25 heavy (non-hydrogen) atoms. The van der Waals surface area contributed by atoms with Crippen molar-refractivity contribution < 1.29 is 23.7 Å². The van der Waals surface area contributed by atoms with Crippen LogP contribution in [0.1, 0.15) is 25.7 Å². The highest BCUT2D eigenvalue weighted by molar-refractivity contribution is 4.43. The smallest absolute Gasteiger partial charge is 0.0700 e. The fourth-order valence-electron chi connectivity index (χ4n) is 1.67. The quantitative estimate of drug-likeness (QED) is 0.494. The third kappa shape index (κ3) is 31.9. The minimum absolute atomic E-state index is 0.671. The highest BCUT2D eigenvalue weighted by Crippen LogP contribution is 1.98. The van der Waals surface area contributed by atoms with E-state index in [0.717, 1.165) is 45.8 Å². The van der Waals surface area contributed by atoms with Crippen molar-refractivity contribution in [3.05, 3.63) is 0 Å². The van der Waals surface area contributed by atoms with E-state index in [1.807, 2.05) is 0 Å². The summed E-state index contributed by atoms with van der Waals surface area (Å²) >= 11 is 0. The minimum atomic E-state index is 0.671. The molecule has 0 spiro atoms. The molecule has 1 fully saturated rings. The number of methoxy groups -OCH3 is 2. The highest BCUT2D eigenvalue weighted by Gasteiger charge is 1.94.